The molecule has 0 spiro atoms. The van der Waals surface area contributed by atoms with E-state index in [0.29, 0.717) is 24.5 Å². The van der Waals surface area contributed by atoms with Crippen molar-refractivity contribution in [3.8, 4) is 5.75 Å². The topological polar surface area (TPSA) is 57.2 Å². The second-order valence-corrected chi connectivity index (χ2v) is 4.29. The fourth-order valence-corrected chi connectivity index (χ4v) is 1.93. The summed E-state index contributed by atoms with van der Waals surface area (Å²) in [5, 5.41) is 10.6. The quantitative estimate of drug-likeness (QED) is 0.573. The van der Waals surface area contributed by atoms with Crippen molar-refractivity contribution in [1.29, 1.82) is 0 Å². The molecule has 0 bridgehead atoms. The molecule has 1 atom stereocenters. The zero-order valence-electron chi connectivity index (χ0n) is 11.9. The van der Waals surface area contributed by atoms with Gasteiger partial charge in [0.25, 0.3) is 0 Å². The van der Waals surface area contributed by atoms with Crippen molar-refractivity contribution < 1.29 is 24.1 Å². The van der Waals surface area contributed by atoms with E-state index >= 15 is 0 Å². The molecule has 1 aromatic carbocycles. The first-order valence-corrected chi connectivity index (χ1v) is 6.07. The van der Waals surface area contributed by atoms with Crippen molar-refractivity contribution in [2.75, 3.05) is 34.5 Å². The standard InChI is InChI=1S/C14H22O5/c1-14(15,13(17-3)18-4)11-7-5-6-8-12(11)19-10-9-16-2/h5-8,13,15H,9-10H2,1-4H3. The summed E-state index contributed by atoms with van der Waals surface area (Å²) < 4.78 is 20.8. The van der Waals surface area contributed by atoms with Gasteiger partial charge in [-0.1, -0.05) is 18.2 Å². The number of ether oxygens (including phenoxy) is 4. The molecule has 0 fully saturated rings. The lowest BCUT2D eigenvalue weighted by atomic mass is 9.94. The van der Waals surface area contributed by atoms with E-state index in [9.17, 15) is 5.11 Å². The lowest BCUT2D eigenvalue weighted by molar-refractivity contribution is -0.213. The van der Waals surface area contributed by atoms with Crippen molar-refractivity contribution >= 4 is 0 Å². The molecule has 1 rings (SSSR count). The Morgan fingerprint density at radius 3 is 2.32 bits per heavy atom. The maximum atomic E-state index is 10.6. The molecule has 108 valence electrons. The van der Waals surface area contributed by atoms with E-state index in [4.69, 9.17) is 18.9 Å². The summed E-state index contributed by atoms with van der Waals surface area (Å²) in [6, 6.07) is 7.25. The number of para-hydroxylation sites is 1. The highest BCUT2D eigenvalue weighted by molar-refractivity contribution is 5.38. The highest BCUT2D eigenvalue weighted by atomic mass is 16.7. The molecular weight excluding hydrogens is 248 g/mol. The number of hydrogen-bond acceptors (Lipinski definition) is 5. The molecule has 0 radical (unpaired) electrons. The largest absolute Gasteiger partial charge is 0.491 e. The van der Waals surface area contributed by atoms with Crippen LogP contribution < -0.4 is 4.74 Å². The van der Waals surface area contributed by atoms with E-state index in [-0.39, 0.29) is 0 Å². The van der Waals surface area contributed by atoms with Gasteiger partial charge in [-0.2, -0.15) is 0 Å². The van der Waals surface area contributed by atoms with E-state index in [1.54, 1.807) is 26.2 Å². The Morgan fingerprint density at radius 1 is 1.11 bits per heavy atom. The van der Waals surface area contributed by atoms with Crippen LogP contribution in [0.5, 0.6) is 5.75 Å². The van der Waals surface area contributed by atoms with E-state index in [1.165, 1.54) is 14.2 Å². The van der Waals surface area contributed by atoms with Crippen molar-refractivity contribution in [1.82, 2.24) is 0 Å². The summed E-state index contributed by atoms with van der Waals surface area (Å²) >= 11 is 0. The van der Waals surface area contributed by atoms with Crippen molar-refractivity contribution in [2.45, 2.75) is 18.8 Å². The average molecular weight is 270 g/mol. The molecule has 1 unspecified atom stereocenters. The molecule has 0 aliphatic heterocycles. The maximum Gasteiger partial charge on any atom is 0.189 e. The minimum atomic E-state index is -1.31. The number of benzene rings is 1. The van der Waals surface area contributed by atoms with Gasteiger partial charge >= 0.3 is 0 Å². The Bertz CT molecular complexity index is 374. The summed E-state index contributed by atoms with van der Waals surface area (Å²) in [5.41, 5.74) is -0.701. The minimum absolute atomic E-state index is 0.411. The van der Waals surface area contributed by atoms with Crippen molar-refractivity contribution in [3.63, 3.8) is 0 Å². The van der Waals surface area contributed by atoms with Crippen LogP contribution in [0.3, 0.4) is 0 Å². The predicted octanol–water partition coefficient (Wildman–Crippen LogP) is 1.54. The minimum Gasteiger partial charge on any atom is -0.491 e. The van der Waals surface area contributed by atoms with Crippen LogP contribution in [0.25, 0.3) is 0 Å². The molecule has 0 saturated carbocycles. The summed E-state index contributed by atoms with van der Waals surface area (Å²) in [4.78, 5) is 0. The first kappa shape index (κ1) is 15.9. The average Bonchev–Trinajstić information content (AvgIpc) is 2.40. The Kier molecular flexibility index (Phi) is 6.24. The third kappa shape index (κ3) is 3.91. The first-order chi connectivity index (χ1) is 9.07. The van der Waals surface area contributed by atoms with Gasteiger partial charge in [0.05, 0.1) is 6.61 Å². The second-order valence-electron chi connectivity index (χ2n) is 4.29. The number of hydrogen-bond donors (Lipinski definition) is 1. The molecule has 0 aliphatic carbocycles. The monoisotopic (exact) mass is 270 g/mol. The van der Waals surface area contributed by atoms with Gasteiger partial charge in [-0.05, 0) is 13.0 Å². The molecular formula is C14H22O5. The van der Waals surface area contributed by atoms with Gasteiger partial charge in [-0.3, -0.25) is 0 Å². The molecule has 1 aromatic rings. The van der Waals surface area contributed by atoms with Gasteiger partial charge in [-0.15, -0.1) is 0 Å². The molecule has 0 aliphatic rings. The van der Waals surface area contributed by atoms with Gasteiger partial charge in [0, 0.05) is 26.9 Å². The molecule has 1 N–H and O–H groups in total. The Morgan fingerprint density at radius 2 is 1.74 bits per heavy atom. The Hall–Kier alpha value is -1.14. The SMILES string of the molecule is COCCOc1ccccc1C(C)(O)C(OC)OC. The van der Waals surface area contributed by atoms with Crippen LogP contribution in [-0.4, -0.2) is 45.9 Å². The van der Waals surface area contributed by atoms with Crippen LogP contribution in [-0.2, 0) is 19.8 Å². The maximum absolute atomic E-state index is 10.6. The van der Waals surface area contributed by atoms with Crippen LogP contribution >= 0.6 is 0 Å². The molecule has 0 amide bonds. The number of methoxy groups -OCH3 is 3. The third-order valence-electron chi connectivity index (χ3n) is 2.86. The van der Waals surface area contributed by atoms with Crippen LogP contribution in [0.15, 0.2) is 24.3 Å². The van der Waals surface area contributed by atoms with E-state index < -0.39 is 11.9 Å². The van der Waals surface area contributed by atoms with E-state index in [1.807, 2.05) is 12.1 Å². The zero-order chi connectivity index (χ0) is 14.3. The third-order valence-corrected chi connectivity index (χ3v) is 2.86. The smallest absolute Gasteiger partial charge is 0.189 e. The second kappa shape index (κ2) is 7.45. The predicted molar refractivity (Wildman–Crippen MR) is 71.2 cm³/mol. The van der Waals surface area contributed by atoms with Gasteiger partial charge in [0.1, 0.15) is 18.0 Å². The highest BCUT2D eigenvalue weighted by Gasteiger charge is 2.36. The van der Waals surface area contributed by atoms with E-state index in [0.717, 1.165) is 0 Å². The molecule has 5 nitrogen and oxygen atoms in total. The lowest BCUT2D eigenvalue weighted by Crippen LogP contribution is -2.39. The molecule has 0 saturated heterocycles. The van der Waals surface area contributed by atoms with Crippen LogP contribution in [0.2, 0.25) is 0 Å². The number of aliphatic hydroxyl groups is 1. The fourth-order valence-electron chi connectivity index (χ4n) is 1.93. The molecule has 5 heteroatoms. The van der Waals surface area contributed by atoms with Crippen molar-refractivity contribution in [2.24, 2.45) is 0 Å². The fraction of sp³-hybridized carbons (Fsp3) is 0.571. The van der Waals surface area contributed by atoms with Crippen molar-refractivity contribution in [3.05, 3.63) is 29.8 Å². The Balaban J connectivity index is 2.97. The summed E-state index contributed by atoms with van der Waals surface area (Å²) in [6.45, 7) is 2.52. The van der Waals surface area contributed by atoms with Crippen LogP contribution in [0, 0.1) is 0 Å². The number of rotatable bonds is 8. The summed E-state index contributed by atoms with van der Waals surface area (Å²) in [7, 11) is 4.57. The molecule has 0 aromatic heterocycles. The van der Waals surface area contributed by atoms with Gasteiger partial charge < -0.3 is 24.1 Å². The normalized spacial score (nSPS) is 14.4. The lowest BCUT2D eigenvalue weighted by Gasteiger charge is -2.32. The van der Waals surface area contributed by atoms with Gasteiger partial charge in [0.15, 0.2) is 6.29 Å². The highest BCUT2D eigenvalue weighted by Crippen LogP contribution is 2.33. The summed E-state index contributed by atoms with van der Waals surface area (Å²) in [6.07, 6.45) is -0.778. The van der Waals surface area contributed by atoms with Crippen LogP contribution in [0.1, 0.15) is 12.5 Å². The van der Waals surface area contributed by atoms with Gasteiger partial charge in [0.2, 0.25) is 0 Å². The summed E-state index contributed by atoms with van der Waals surface area (Å²) in [5.74, 6) is 0.587. The van der Waals surface area contributed by atoms with E-state index in [2.05, 4.69) is 0 Å². The van der Waals surface area contributed by atoms with Gasteiger partial charge in [-0.25, -0.2) is 0 Å². The zero-order valence-corrected chi connectivity index (χ0v) is 11.9. The molecule has 19 heavy (non-hydrogen) atoms. The van der Waals surface area contributed by atoms with Crippen LogP contribution in [0.4, 0.5) is 0 Å². The Labute approximate surface area is 114 Å². The molecule has 0 heterocycles. The first-order valence-electron chi connectivity index (χ1n) is 6.07.